The summed E-state index contributed by atoms with van der Waals surface area (Å²) in [5, 5.41) is 3.57. The van der Waals surface area contributed by atoms with Crippen LogP contribution in [0.2, 0.25) is 5.02 Å². The minimum atomic E-state index is -0.124. The minimum absolute atomic E-state index is 0.0643. The number of aryl methyl sites for hydroxylation is 1. The van der Waals surface area contributed by atoms with Gasteiger partial charge in [-0.25, -0.2) is 0 Å². The van der Waals surface area contributed by atoms with Crippen LogP contribution in [-0.4, -0.2) is 23.5 Å². The van der Waals surface area contributed by atoms with Crippen molar-refractivity contribution in [3.8, 4) is 0 Å². The Bertz CT molecular complexity index is 628. The Labute approximate surface area is 151 Å². The van der Waals surface area contributed by atoms with Crippen LogP contribution in [0.3, 0.4) is 0 Å². The third-order valence-corrected chi connectivity index (χ3v) is 5.56. The molecule has 0 bridgehead atoms. The van der Waals surface area contributed by atoms with Gasteiger partial charge in [0.1, 0.15) is 0 Å². The van der Waals surface area contributed by atoms with E-state index in [9.17, 15) is 4.79 Å². The van der Waals surface area contributed by atoms with Crippen molar-refractivity contribution >= 4 is 41.0 Å². The van der Waals surface area contributed by atoms with Gasteiger partial charge in [0.2, 0.25) is 5.91 Å². The standard InChI is InChI=1S/C18H20ClNOS2/c1-13-3-7-16(8-4-13)22-12-11-20-18(21)14(2)23-17-9-5-15(19)6-10-17/h3-10,14H,11-12H2,1-2H3,(H,20,21). The third-order valence-electron chi connectivity index (χ3n) is 3.19. The molecule has 0 saturated carbocycles. The van der Waals surface area contributed by atoms with Gasteiger partial charge < -0.3 is 5.32 Å². The summed E-state index contributed by atoms with van der Waals surface area (Å²) < 4.78 is 0. The number of hydrogen-bond acceptors (Lipinski definition) is 3. The maximum Gasteiger partial charge on any atom is 0.233 e. The van der Waals surface area contributed by atoms with Crippen molar-refractivity contribution in [3.05, 3.63) is 59.1 Å². The monoisotopic (exact) mass is 365 g/mol. The van der Waals surface area contributed by atoms with Gasteiger partial charge in [0.15, 0.2) is 0 Å². The van der Waals surface area contributed by atoms with Gasteiger partial charge in [-0.3, -0.25) is 4.79 Å². The molecule has 2 rings (SSSR count). The highest BCUT2D eigenvalue weighted by Gasteiger charge is 2.13. The van der Waals surface area contributed by atoms with Gasteiger partial charge in [-0.15, -0.1) is 23.5 Å². The Kier molecular flexibility index (Phi) is 7.34. The number of rotatable bonds is 7. The van der Waals surface area contributed by atoms with Crippen molar-refractivity contribution < 1.29 is 4.79 Å². The molecule has 1 N–H and O–H groups in total. The predicted molar refractivity (Wildman–Crippen MR) is 102 cm³/mol. The smallest absolute Gasteiger partial charge is 0.233 e. The van der Waals surface area contributed by atoms with Crippen molar-refractivity contribution in [2.24, 2.45) is 0 Å². The predicted octanol–water partition coefficient (Wildman–Crippen LogP) is 5.04. The molecule has 1 amide bonds. The highest BCUT2D eigenvalue weighted by Crippen LogP contribution is 2.24. The summed E-state index contributed by atoms with van der Waals surface area (Å²) in [5.74, 6) is 0.932. The summed E-state index contributed by atoms with van der Waals surface area (Å²) in [5.41, 5.74) is 1.26. The maximum absolute atomic E-state index is 12.1. The van der Waals surface area contributed by atoms with Gasteiger partial charge in [0.05, 0.1) is 5.25 Å². The third kappa shape index (κ3) is 6.50. The van der Waals surface area contributed by atoms with Gasteiger partial charge in [0, 0.05) is 27.1 Å². The van der Waals surface area contributed by atoms with Gasteiger partial charge in [-0.05, 0) is 50.2 Å². The summed E-state index contributed by atoms with van der Waals surface area (Å²) in [6, 6.07) is 16.0. The van der Waals surface area contributed by atoms with Gasteiger partial charge in [-0.1, -0.05) is 29.3 Å². The molecular weight excluding hydrogens is 346 g/mol. The number of benzene rings is 2. The van der Waals surface area contributed by atoms with E-state index in [1.54, 1.807) is 11.8 Å². The lowest BCUT2D eigenvalue weighted by Crippen LogP contribution is -2.32. The van der Waals surface area contributed by atoms with E-state index in [-0.39, 0.29) is 11.2 Å². The van der Waals surface area contributed by atoms with Crippen LogP contribution >= 0.6 is 35.1 Å². The number of carbonyl (C=O) groups is 1. The Hall–Kier alpha value is -1.10. The molecule has 2 aromatic rings. The molecule has 23 heavy (non-hydrogen) atoms. The average Bonchev–Trinajstić information content (AvgIpc) is 2.55. The van der Waals surface area contributed by atoms with E-state index in [4.69, 9.17) is 11.6 Å². The van der Waals surface area contributed by atoms with Crippen LogP contribution in [0.1, 0.15) is 12.5 Å². The Morgan fingerprint density at radius 3 is 2.35 bits per heavy atom. The molecule has 0 saturated heterocycles. The molecule has 2 aromatic carbocycles. The molecule has 0 aliphatic carbocycles. The Morgan fingerprint density at radius 1 is 1.09 bits per heavy atom. The second kappa shape index (κ2) is 9.26. The molecular formula is C18H20ClNOS2. The Morgan fingerprint density at radius 2 is 1.70 bits per heavy atom. The molecule has 0 heterocycles. The molecule has 0 radical (unpaired) electrons. The molecule has 0 aromatic heterocycles. The molecule has 2 nitrogen and oxygen atoms in total. The van der Waals surface area contributed by atoms with Crippen molar-refractivity contribution in [1.82, 2.24) is 5.32 Å². The fourth-order valence-electron chi connectivity index (χ4n) is 1.89. The zero-order valence-corrected chi connectivity index (χ0v) is 15.6. The van der Waals surface area contributed by atoms with E-state index < -0.39 is 0 Å². The normalized spacial score (nSPS) is 12.0. The molecule has 0 aliphatic heterocycles. The van der Waals surface area contributed by atoms with E-state index in [0.717, 1.165) is 10.6 Å². The second-order valence-electron chi connectivity index (χ2n) is 5.17. The van der Waals surface area contributed by atoms with Crippen LogP contribution < -0.4 is 5.32 Å². The number of amides is 1. The lowest BCUT2D eigenvalue weighted by Gasteiger charge is -2.12. The number of halogens is 1. The second-order valence-corrected chi connectivity index (χ2v) is 8.19. The van der Waals surface area contributed by atoms with Crippen molar-refractivity contribution in [1.29, 1.82) is 0 Å². The molecule has 122 valence electrons. The summed E-state index contributed by atoms with van der Waals surface area (Å²) in [6.07, 6.45) is 0. The van der Waals surface area contributed by atoms with Gasteiger partial charge in [0.25, 0.3) is 0 Å². The highest BCUT2D eigenvalue weighted by molar-refractivity contribution is 8.00. The molecule has 0 spiro atoms. The summed E-state index contributed by atoms with van der Waals surface area (Å²) in [6.45, 7) is 4.67. The highest BCUT2D eigenvalue weighted by atomic mass is 35.5. The van der Waals surface area contributed by atoms with Crippen molar-refractivity contribution in [3.63, 3.8) is 0 Å². The number of thioether (sulfide) groups is 2. The summed E-state index contributed by atoms with van der Waals surface area (Å²) in [4.78, 5) is 14.4. The van der Waals surface area contributed by atoms with Crippen LogP contribution in [0.5, 0.6) is 0 Å². The maximum atomic E-state index is 12.1. The first kappa shape index (κ1) is 18.2. The largest absolute Gasteiger partial charge is 0.354 e. The number of carbonyl (C=O) groups excluding carboxylic acids is 1. The first-order valence-corrected chi connectivity index (χ1v) is 9.68. The van der Waals surface area contributed by atoms with Crippen LogP contribution in [0.25, 0.3) is 0 Å². The van der Waals surface area contributed by atoms with E-state index >= 15 is 0 Å². The van der Waals surface area contributed by atoms with E-state index in [1.807, 2.05) is 31.2 Å². The summed E-state index contributed by atoms with van der Waals surface area (Å²) in [7, 11) is 0. The topological polar surface area (TPSA) is 29.1 Å². The molecule has 0 aliphatic rings. The van der Waals surface area contributed by atoms with E-state index in [1.165, 1.54) is 22.2 Å². The minimum Gasteiger partial charge on any atom is -0.354 e. The van der Waals surface area contributed by atoms with Crippen LogP contribution in [0, 0.1) is 6.92 Å². The zero-order chi connectivity index (χ0) is 16.7. The number of hydrogen-bond donors (Lipinski definition) is 1. The van der Waals surface area contributed by atoms with Crippen LogP contribution in [0.15, 0.2) is 58.3 Å². The van der Waals surface area contributed by atoms with Crippen LogP contribution in [-0.2, 0) is 4.79 Å². The summed E-state index contributed by atoms with van der Waals surface area (Å²) >= 11 is 9.15. The number of nitrogens with one attached hydrogen (secondary N) is 1. The SMILES string of the molecule is Cc1ccc(SCCNC(=O)C(C)Sc2ccc(Cl)cc2)cc1. The van der Waals surface area contributed by atoms with Gasteiger partial charge in [-0.2, -0.15) is 0 Å². The van der Waals surface area contributed by atoms with E-state index in [0.29, 0.717) is 11.6 Å². The van der Waals surface area contributed by atoms with Crippen molar-refractivity contribution in [2.75, 3.05) is 12.3 Å². The zero-order valence-electron chi connectivity index (χ0n) is 13.2. The lowest BCUT2D eigenvalue weighted by atomic mass is 10.2. The lowest BCUT2D eigenvalue weighted by molar-refractivity contribution is -0.120. The van der Waals surface area contributed by atoms with Gasteiger partial charge >= 0.3 is 0 Å². The van der Waals surface area contributed by atoms with Crippen molar-refractivity contribution in [2.45, 2.75) is 28.9 Å². The first-order chi connectivity index (χ1) is 11.0. The van der Waals surface area contributed by atoms with E-state index in [2.05, 4.69) is 36.5 Å². The molecule has 0 fully saturated rings. The molecule has 1 atom stereocenters. The van der Waals surface area contributed by atoms with Crippen LogP contribution in [0.4, 0.5) is 0 Å². The quantitative estimate of drug-likeness (QED) is 0.550. The fraction of sp³-hybridized carbons (Fsp3) is 0.278. The molecule has 1 unspecified atom stereocenters. The first-order valence-electron chi connectivity index (χ1n) is 7.44. The fourth-order valence-corrected chi connectivity index (χ4v) is 3.68. The average molecular weight is 366 g/mol. The molecule has 5 heteroatoms. The Balaban J connectivity index is 1.69.